The van der Waals surface area contributed by atoms with Crippen LogP contribution in [0.3, 0.4) is 0 Å². The summed E-state index contributed by atoms with van der Waals surface area (Å²) in [5.41, 5.74) is 0. The molecule has 1 aromatic heterocycles. The van der Waals surface area contributed by atoms with E-state index in [1.54, 1.807) is 16.9 Å². The minimum Gasteiger partial charge on any atom is -0.511 e. The van der Waals surface area contributed by atoms with Crippen LogP contribution < -0.4 is 5.14 Å². The second-order valence-corrected chi connectivity index (χ2v) is 2.69. The zero-order valence-electron chi connectivity index (χ0n) is 5.90. The molecule has 0 aromatic carbocycles. The lowest BCUT2D eigenvalue weighted by atomic mass is 10.6. The zero-order chi connectivity index (χ0) is 8.27. The summed E-state index contributed by atoms with van der Waals surface area (Å²) < 4.78 is 1.57. The number of allylic oxidation sites excluding steroid dienone is 1. The number of nitrogens with two attached hydrogens (primary N) is 1. The molecular weight excluding hydrogens is 162 g/mol. The molecule has 1 aromatic rings. The van der Waals surface area contributed by atoms with Crippen molar-refractivity contribution < 1.29 is 5.11 Å². The van der Waals surface area contributed by atoms with Gasteiger partial charge < -0.3 is 5.11 Å². The summed E-state index contributed by atoms with van der Waals surface area (Å²) in [6.07, 6.45) is 1.73. The molecule has 0 atom stereocenters. The van der Waals surface area contributed by atoms with Gasteiger partial charge in [-0.15, -0.1) is 0 Å². The molecule has 0 spiro atoms. The Kier molecular flexibility index (Phi) is 2.56. The molecule has 4 nitrogen and oxygen atoms in total. The smallest absolute Gasteiger partial charge is 0.133 e. The summed E-state index contributed by atoms with van der Waals surface area (Å²) in [4.78, 5) is 0. The third-order valence-corrected chi connectivity index (χ3v) is 1.54. The summed E-state index contributed by atoms with van der Waals surface area (Å²) in [5.74, 6) is 0.0849. The van der Waals surface area contributed by atoms with Crippen molar-refractivity contribution in [2.24, 2.45) is 5.14 Å². The minimum atomic E-state index is 0.0849. The highest BCUT2D eigenvalue weighted by Gasteiger charge is 1.97. The fraction of sp³-hybridized carbons (Fsp3) is 0.167. The first-order valence-corrected chi connectivity index (χ1v) is 3.87. The average Bonchev–Trinajstić information content (AvgIpc) is 2.34. The van der Waals surface area contributed by atoms with Crippen molar-refractivity contribution in [1.29, 1.82) is 0 Å². The van der Waals surface area contributed by atoms with Crippen molar-refractivity contribution in [3.63, 3.8) is 0 Å². The summed E-state index contributed by atoms with van der Waals surface area (Å²) in [7, 11) is 0. The fourth-order valence-corrected chi connectivity index (χ4v) is 0.972. The van der Waals surface area contributed by atoms with E-state index in [9.17, 15) is 0 Å². The van der Waals surface area contributed by atoms with E-state index in [1.807, 2.05) is 0 Å². The minimum absolute atomic E-state index is 0.0849. The lowest BCUT2D eigenvalue weighted by molar-refractivity contribution is 0.369. The third kappa shape index (κ3) is 2.28. The quantitative estimate of drug-likeness (QED) is 0.524. The van der Waals surface area contributed by atoms with Crippen molar-refractivity contribution >= 4 is 11.9 Å². The van der Waals surface area contributed by atoms with Gasteiger partial charge in [0.05, 0.1) is 6.54 Å². The molecule has 0 saturated heterocycles. The molecule has 0 aliphatic heterocycles. The Morgan fingerprint density at radius 2 is 2.64 bits per heavy atom. The Morgan fingerprint density at radius 1 is 1.91 bits per heavy atom. The Labute approximate surface area is 68.8 Å². The van der Waals surface area contributed by atoms with Crippen LogP contribution >= 0.6 is 11.9 Å². The van der Waals surface area contributed by atoms with E-state index in [1.165, 1.54) is 0 Å². The monoisotopic (exact) mass is 171 g/mol. The molecule has 0 bridgehead atoms. The zero-order valence-corrected chi connectivity index (χ0v) is 6.71. The van der Waals surface area contributed by atoms with Crippen molar-refractivity contribution in [3.05, 3.63) is 24.6 Å². The normalized spacial score (nSPS) is 9.91. The molecule has 5 heteroatoms. The lowest BCUT2D eigenvalue weighted by Crippen LogP contribution is -2.00. The van der Waals surface area contributed by atoms with Crippen LogP contribution in [0.25, 0.3) is 0 Å². The molecule has 0 amide bonds. The van der Waals surface area contributed by atoms with Crippen LogP contribution in [0, 0.1) is 0 Å². The van der Waals surface area contributed by atoms with Gasteiger partial charge in [0.15, 0.2) is 0 Å². The summed E-state index contributed by atoms with van der Waals surface area (Å²) in [6.45, 7) is 3.66. The first-order valence-electron chi connectivity index (χ1n) is 2.99. The largest absolute Gasteiger partial charge is 0.511 e. The number of hydrogen-bond donors (Lipinski definition) is 2. The molecule has 0 saturated carbocycles. The maximum Gasteiger partial charge on any atom is 0.133 e. The molecular formula is C6H9N3OS. The van der Waals surface area contributed by atoms with E-state index in [0.717, 1.165) is 17.0 Å². The number of aliphatic hydroxyl groups excluding tert-OH is 1. The predicted octanol–water partition coefficient (Wildman–Crippen LogP) is 0.921. The molecule has 0 unspecified atom stereocenters. The predicted molar refractivity (Wildman–Crippen MR) is 44.0 cm³/mol. The van der Waals surface area contributed by atoms with E-state index in [2.05, 4.69) is 11.7 Å². The molecule has 0 radical (unpaired) electrons. The summed E-state index contributed by atoms with van der Waals surface area (Å²) >= 11 is 1.07. The molecule has 1 rings (SSSR count). The summed E-state index contributed by atoms with van der Waals surface area (Å²) in [5, 5.41) is 18.8. The molecule has 60 valence electrons. The Bertz CT molecular complexity index is 258. The van der Waals surface area contributed by atoms with Gasteiger partial charge in [0.2, 0.25) is 0 Å². The summed E-state index contributed by atoms with van der Waals surface area (Å²) in [6, 6.07) is 1.77. The lowest BCUT2D eigenvalue weighted by Gasteiger charge is -1.96. The standard InChI is InChI=1S/C6H9N3OS/c1-5(10)4-9-3-2-6(8-9)11-7/h2-3,10H,1,4,7H2. The second-order valence-electron chi connectivity index (χ2n) is 2.04. The van der Waals surface area contributed by atoms with Gasteiger partial charge in [-0.3, -0.25) is 9.82 Å². The van der Waals surface area contributed by atoms with Crippen LogP contribution in [0.5, 0.6) is 0 Å². The maximum atomic E-state index is 8.79. The van der Waals surface area contributed by atoms with E-state index >= 15 is 0 Å². The van der Waals surface area contributed by atoms with Crippen LogP contribution in [0.15, 0.2) is 29.6 Å². The van der Waals surface area contributed by atoms with Gasteiger partial charge in [-0.05, 0) is 18.0 Å². The van der Waals surface area contributed by atoms with Crippen molar-refractivity contribution in [1.82, 2.24) is 9.78 Å². The second kappa shape index (κ2) is 3.45. The van der Waals surface area contributed by atoms with Crippen LogP contribution in [-0.4, -0.2) is 14.9 Å². The van der Waals surface area contributed by atoms with Gasteiger partial charge in [0.1, 0.15) is 10.8 Å². The van der Waals surface area contributed by atoms with E-state index in [-0.39, 0.29) is 5.76 Å². The van der Waals surface area contributed by atoms with Crippen molar-refractivity contribution in [2.45, 2.75) is 11.6 Å². The number of rotatable bonds is 3. The Morgan fingerprint density at radius 3 is 3.09 bits per heavy atom. The van der Waals surface area contributed by atoms with Crippen LogP contribution in [-0.2, 0) is 6.54 Å². The van der Waals surface area contributed by atoms with Gasteiger partial charge in [0, 0.05) is 6.20 Å². The van der Waals surface area contributed by atoms with Gasteiger partial charge >= 0.3 is 0 Å². The number of nitrogens with zero attached hydrogens (tertiary/aromatic N) is 2. The number of aliphatic hydroxyl groups is 1. The van der Waals surface area contributed by atoms with Crippen molar-refractivity contribution in [3.8, 4) is 0 Å². The molecule has 0 aliphatic rings. The highest BCUT2D eigenvalue weighted by Crippen LogP contribution is 2.06. The molecule has 1 heterocycles. The molecule has 0 aliphatic carbocycles. The van der Waals surface area contributed by atoms with E-state index in [0.29, 0.717) is 6.54 Å². The van der Waals surface area contributed by atoms with E-state index in [4.69, 9.17) is 10.2 Å². The third-order valence-electron chi connectivity index (χ3n) is 1.08. The van der Waals surface area contributed by atoms with E-state index < -0.39 is 0 Å². The topological polar surface area (TPSA) is 64.1 Å². The fourth-order valence-electron chi connectivity index (χ4n) is 0.681. The Hall–Kier alpha value is -0.940. The highest BCUT2D eigenvalue weighted by atomic mass is 32.2. The number of hydrogen-bond acceptors (Lipinski definition) is 4. The molecule has 11 heavy (non-hydrogen) atoms. The SMILES string of the molecule is C=C(O)Cn1ccc(SN)n1. The van der Waals surface area contributed by atoms with Crippen LogP contribution in [0.1, 0.15) is 0 Å². The first-order chi connectivity index (χ1) is 5.22. The Balaban J connectivity index is 2.65. The van der Waals surface area contributed by atoms with Gasteiger partial charge in [0.25, 0.3) is 0 Å². The number of aromatic nitrogens is 2. The van der Waals surface area contributed by atoms with Gasteiger partial charge in [-0.2, -0.15) is 5.10 Å². The maximum absolute atomic E-state index is 8.79. The molecule has 0 fully saturated rings. The van der Waals surface area contributed by atoms with Crippen LogP contribution in [0.2, 0.25) is 0 Å². The van der Waals surface area contributed by atoms with Crippen molar-refractivity contribution in [2.75, 3.05) is 0 Å². The van der Waals surface area contributed by atoms with Gasteiger partial charge in [-0.1, -0.05) is 6.58 Å². The van der Waals surface area contributed by atoms with Gasteiger partial charge in [-0.25, -0.2) is 0 Å². The first kappa shape index (κ1) is 8.16. The molecule has 3 N–H and O–H groups in total. The average molecular weight is 171 g/mol. The highest BCUT2D eigenvalue weighted by molar-refractivity contribution is 7.97. The van der Waals surface area contributed by atoms with Crippen LogP contribution in [0.4, 0.5) is 0 Å².